The standard InChI is InChI=1S/C13H14F3NO2/c14-13(15,16)9-3-4-11(17)10(7-9)12(18)19-6-5-8-1-2-8/h3-4,7-8H,1-2,5-6,17H2. The first-order valence-corrected chi connectivity index (χ1v) is 6.02. The lowest BCUT2D eigenvalue weighted by molar-refractivity contribution is -0.137. The Morgan fingerprint density at radius 3 is 2.63 bits per heavy atom. The van der Waals surface area contributed by atoms with E-state index in [1.807, 2.05) is 0 Å². The molecule has 1 saturated carbocycles. The average Bonchev–Trinajstić information content (AvgIpc) is 3.12. The predicted molar refractivity (Wildman–Crippen MR) is 63.5 cm³/mol. The van der Waals surface area contributed by atoms with Gasteiger partial charge in [0.25, 0.3) is 0 Å². The van der Waals surface area contributed by atoms with Crippen LogP contribution >= 0.6 is 0 Å². The van der Waals surface area contributed by atoms with Crippen molar-refractivity contribution in [2.75, 3.05) is 12.3 Å². The number of benzene rings is 1. The van der Waals surface area contributed by atoms with Gasteiger partial charge in [-0.05, 0) is 30.5 Å². The second-order valence-corrected chi connectivity index (χ2v) is 4.67. The molecule has 0 unspecified atom stereocenters. The number of carbonyl (C=O) groups is 1. The Morgan fingerprint density at radius 1 is 1.37 bits per heavy atom. The van der Waals surface area contributed by atoms with Gasteiger partial charge in [0, 0.05) is 5.69 Å². The number of halogens is 3. The number of hydrogen-bond acceptors (Lipinski definition) is 3. The summed E-state index contributed by atoms with van der Waals surface area (Å²) in [5.74, 6) is -0.212. The summed E-state index contributed by atoms with van der Waals surface area (Å²) < 4.78 is 42.5. The molecule has 2 N–H and O–H groups in total. The van der Waals surface area contributed by atoms with Gasteiger partial charge in [0.15, 0.2) is 0 Å². The Morgan fingerprint density at radius 2 is 2.05 bits per heavy atom. The van der Waals surface area contributed by atoms with Crippen LogP contribution in [0, 0.1) is 5.92 Å². The zero-order valence-corrected chi connectivity index (χ0v) is 10.2. The number of nitrogens with two attached hydrogens (primary N) is 1. The third-order valence-corrected chi connectivity index (χ3v) is 3.06. The molecule has 0 aliphatic heterocycles. The summed E-state index contributed by atoms with van der Waals surface area (Å²) in [5.41, 5.74) is 4.36. The Balaban J connectivity index is 2.06. The van der Waals surface area contributed by atoms with Gasteiger partial charge in [-0.25, -0.2) is 4.79 Å². The van der Waals surface area contributed by atoms with Crippen molar-refractivity contribution in [3.8, 4) is 0 Å². The van der Waals surface area contributed by atoms with Crippen molar-refractivity contribution in [2.45, 2.75) is 25.4 Å². The third kappa shape index (κ3) is 3.62. The third-order valence-electron chi connectivity index (χ3n) is 3.06. The monoisotopic (exact) mass is 273 g/mol. The maximum atomic E-state index is 12.5. The molecule has 1 fully saturated rings. The maximum absolute atomic E-state index is 12.5. The number of esters is 1. The van der Waals surface area contributed by atoms with Crippen LogP contribution in [0.3, 0.4) is 0 Å². The molecule has 0 spiro atoms. The van der Waals surface area contributed by atoms with E-state index >= 15 is 0 Å². The molecule has 0 heterocycles. The lowest BCUT2D eigenvalue weighted by atomic mass is 10.1. The van der Waals surface area contributed by atoms with Crippen LogP contribution in [-0.2, 0) is 10.9 Å². The summed E-state index contributed by atoms with van der Waals surface area (Å²) >= 11 is 0. The van der Waals surface area contributed by atoms with Gasteiger partial charge in [0.2, 0.25) is 0 Å². The molecule has 1 aliphatic carbocycles. The van der Waals surface area contributed by atoms with Crippen LogP contribution in [0.25, 0.3) is 0 Å². The Labute approximate surface area is 108 Å². The van der Waals surface area contributed by atoms with Crippen LogP contribution in [0.1, 0.15) is 35.2 Å². The van der Waals surface area contributed by atoms with Gasteiger partial charge in [0.1, 0.15) is 0 Å². The molecule has 0 bridgehead atoms. The first kappa shape index (κ1) is 13.7. The number of anilines is 1. The van der Waals surface area contributed by atoms with E-state index in [0.29, 0.717) is 5.92 Å². The van der Waals surface area contributed by atoms with E-state index in [9.17, 15) is 18.0 Å². The number of ether oxygens (including phenoxy) is 1. The number of hydrogen-bond donors (Lipinski definition) is 1. The van der Waals surface area contributed by atoms with Gasteiger partial charge >= 0.3 is 12.1 Å². The molecule has 0 radical (unpaired) electrons. The van der Waals surface area contributed by atoms with Crippen LogP contribution in [-0.4, -0.2) is 12.6 Å². The second kappa shape index (κ2) is 5.11. The quantitative estimate of drug-likeness (QED) is 0.676. The molecule has 0 aromatic heterocycles. The average molecular weight is 273 g/mol. The molecule has 0 saturated heterocycles. The van der Waals surface area contributed by atoms with Gasteiger partial charge in [-0.2, -0.15) is 13.2 Å². The lowest BCUT2D eigenvalue weighted by Gasteiger charge is -2.11. The molecule has 2 rings (SSSR count). The highest BCUT2D eigenvalue weighted by atomic mass is 19.4. The van der Waals surface area contributed by atoms with Crippen molar-refractivity contribution in [2.24, 2.45) is 5.92 Å². The summed E-state index contributed by atoms with van der Waals surface area (Å²) in [6.07, 6.45) is -1.49. The molecule has 1 aliphatic rings. The number of carbonyl (C=O) groups excluding carboxylic acids is 1. The van der Waals surface area contributed by atoms with Crippen LogP contribution in [0.5, 0.6) is 0 Å². The van der Waals surface area contributed by atoms with E-state index < -0.39 is 17.7 Å². The Kier molecular flexibility index (Phi) is 3.68. The fourth-order valence-corrected chi connectivity index (χ4v) is 1.71. The minimum absolute atomic E-state index is 0.00979. The minimum Gasteiger partial charge on any atom is -0.462 e. The van der Waals surface area contributed by atoms with Crippen molar-refractivity contribution >= 4 is 11.7 Å². The fourth-order valence-electron chi connectivity index (χ4n) is 1.71. The van der Waals surface area contributed by atoms with Crippen molar-refractivity contribution in [3.63, 3.8) is 0 Å². The highest BCUT2D eigenvalue weighted by Crippen LogP contribution is 2.33. The molecule has 19 heavy (non-hydrogen) atoms. The first-order valence-electron chi connectivity index (χ1n) is 6.02. The van der Waals surface area contributed by atoms with E-state index in [4.69, 9.17) is 10.5 Å². The summed E-state index contributed by atoms with van der Waals surface area (Å²) in [7, 11) is 0. The highest BCUT2D eigenvalue weighted by Gasteiger charge is 2.32. The zero-order valence-electron chi connectivity index (χ0n) is 10.2. The molecule has 0 atom stereocenters. The van der Waals surface area contributed by atoms with E-state index in [2.05, 4.69) is 0 Å². The zero-order chi connectivity index (χ0) is 14.0. The van der Waals surface area contributed by atoms with Crippen LogP contribution in [0.2, 0.25) is 0 Å². The fraction of sp³-hybridized carbons (Fsp3) is 0.462. The lowest BCUT2D eigenvalue weighted by Crippen LogP contribution is -2.12. The smallest absolute Gasteiger partial charge is 0.416 e. The molecular weight excluding hydrogens is 259 g/mol. The molecule has 6 heteroatoms. The Hall–Kier alpha value is -1.72. The number of nitrogen functional groups attached to an aromatic ring is 1. The molecular formula is C13H14F3NO2. The first-order chi connectivity index (χ1) is 8.88. The van der Waals surface area contributed by atoms with Crippen molar-refractivity contribution in [1.82, 2.24) is 0 Å². The molecule has 1 aromatic rings. The molecule has 1 aromatic carbocycles. The van der Waals surface area contributed by atoms with E-state index in [1.165, 1.54) is 0 Å². The number of rotatable bonds is 4. The summed E-state index contributed by atoms with van der Waals surface area (Å²) in [6, 6.07) is 2.64. The summed E-state index contributed by atoms with van der Waals surface area (Å²) in [6.45, 7) is 0.221. The second-order valence-electron chi connectivity index (χ2n) is 4.67. The molecule has 3 nitrogen and oxygen atoms in total. The van der Waals surface area contributed by atoms with Crippen molar-refractivity contribution < 1.29 is 22.7 Å². The van der Waals surface area contributed by atoms with Gasteiger partial charge < -0.3 is 10.5 Å². The van der Waals surface area contributed by atoms with E-state index in [1.54, 1.807) is 0 Å². The van der Waals surface area contributed by atoms with Crippen molar-refractivity contribution in [1.29, 1.82) is 0 Å². The van der Waals surface area contributed by atoms with Gasteiger partial charge in [-0.1, -0.05) is 12.8 Å². The normalized spacial score (nSPS) is 15.3. The van der Waals surface area contributed by atoms with Crippen LogP contribution in [0.15, 0.2) is 18.2 Å². The summed E-state index contributed by atoms with van der Waals surface area (Å²) in [4.78, 5) is 11.7. The molecule has 0 amide bonds. The predicted octanol–water partition coefficient (Wildman–Crippen LogP) is 3.24. The van der Waals surface area contributed by atoms with Crippen LogP contribution < -0.4 is 5.73 Å². The van der Waals surface area contributed by atoms with Gasteiger partial charge in [-0.3, -0.25) is 0 Å². The van der Waals surface area contributed by atoms with Gasteiger partial charge in [0.05, 0.1) is 17.7 Å². The maximum Gasteiger partial charge on any atom is 0.416 e. The largest absolute Gasteiger partial charge is 0.462 e. The van der Waals surface area contributed by atoms with E-state index in [-0.39, 0.29) is 17.9 Å². The van der Waals surface area contributed by atoms with E-state index in [0.717, 1.165) is 37.5 Å². The Bertz CT molecular complexity index is 481. The summed E-state index contributed by atoms with van der Waals surface area (Å²) in [5, 5.41) is 0. The highest BCUT2D eigenvalue weighted by molar-refractivity contribution is 5.95. The van der Waals surface area contributed by atoms with Crippen molar-refractivity contribution in [3.05, 3.63) is 29.3 Å². The van der Waals surface area contributed by atoms with Gasteiger partial charge in [-0.15, -0.1) is 0 Å². The number of alkyl halides is 3. The minimum atomic E-state index is -4.50. The van der Waals surface area contributed by atoms with Crippen LogP contribution in [0.4, 0.5) is 18.9 Å². The topological polar surface area (TPSA) is 52.3 Å². The SMILES string of the molecule is Nc1ccc(C(F)(F)F)cc1C(=O)OCCC1CC1. The molecule has 104 valence electrons.